The fourth-order valence-electron chi connectivity index (χ4n) is 5.29. The first-order valence-corrected chi connectivity index (χ1v) is 10.8. The normalized spacial score (nSPS) is 28.0. The number of aryl methyl sites for hydroxylation is 1. The molecule has 152 valence electrons. The van der Waals surface area contributed by atoms with Gasteiger partial charge >= 0.3 is 11.9 Å². The number of rotatable bonds is 4. The van der Waals surface area contributed by atoms with Crippen molar-refractivity contribution < 1.29 is 19.4 Å². The van der Waals surface area contributed by atoms with Gasteiger partial charge in [0.05, 0.1) is 18.4 Å². The summed E-state index contributed by atoms with van der Waals surface area (Å²) >= 11 is 1.79. The molecule has 0 fully saturated rings. The topological polar surface area (TPSA) is 63.6 Å². The number of carboxylic acid groups (broad SMARTS) is 1. The van der Waals surface area contributed by atoms with Crippen molar-refractivity contribution in [3.63, 3.8) is 0 Å². The number of benzene rings is 1. The lowest BCUT2D eigenvalue weighted by atomic mass is 9.53. The molecule has 4 nitrogen and oxygen atoms in total. The van der Waals surface area contributed by atoms with Crippen LogP contribution in [0.5, 0.6) is 0 Å². The van der Waals surface area contributed by atoms with Crippen LogP contribution in [-0.4, -0.2) is 28.9 Å². The van der Waals surface area contributed by atoms with Crippen molar-refractivity contribution in [1.29, 1.82) is 0 Å². The number of carboxylic acids is 1. The lowest BCUT2D eigenvalue weighted by Crippen LogP contribution is -2.53. The Balaban J connectivity index is 2.08. The third-order valence-corrected chi connectivity index (χ3v) is 7.61. The Labute approximate surface area is 171 Å². The molecule has 2 aliphatic rings. The maximum Gasteiger partial charge on any atom is 0.313 e. The van der Waals surface area contributed by atoms with E-state index in [1.165, 1.54) is 10.5 Å². The fourth-order valence-corrected chi connectivity index (χ4v) is 6.65. The van der Waals surface area contributed by atoms with E-state index in [4.69, 9.17) is 4.74 Å². The number of esters is 1. The van der Waals surface area contributed by atoms with E-state index in [0.29, 0.717) is 6.61 Å². The van der Waals surface area contributed by atoms with Gasteiger partial charge in [0, 0.05) is 10.1 Å². The van der Waals surface area contributed by atoms with Gasteiger partial charge in [-0.2, -0.15) is 0 Å². The number of thioether (sulfide) groups is 1. The molecule has 3 rings (SSSR count). The first-order chi connectivity index (χ1) is 13.1. The number of aliphatic carboxylic acids is 1. The van der Waals surface area contributed by atoms with E-state index >= 15 is 0 Å². The van der Waals surface area contributed by atoms with Gasteiger partial charge < -0.3 is 9.84 Å². The molecule has 0 amide bonds. The predicted octanol–water partition coefficient (Wildman–Crippen LogP) is 4.97. The van der Waals surface area contributed by atoms with E-state index in [0.717, 1.165) is 18.4 Å². The smallest absolute Gasteiger partial charge is 0.313 e. The van der Waals surface area contributed by atoms with Crippen LogP contribution < -0.4 is 0 Å². The average molecular weight is 403 g/mol. The molecule has 3 unspecified atom stereocenters. The highest BCUT2D eigenvalue weighted by Crippen LogP contribution is 2.56. The zero-order valence-electron chi connectivity index (χ0n) is 17.3. The van der Waals surface area contributed by atoms with Gasteiger partial charge in [0.2, 0.25) is 0 Å². The second-order valence-corrected chi connectivity index (χ2v) is 10.2. The van der Waals surface area contributed by atoms with Gasteiger partial charge in [-0.1, -0.05) is 52.0 Å². The van der Waals surface area contributed by atoms with Crippen LogP contribution in [0.4, 0.5) is 0 Å². The lowest BCUT2D eigenvalue weighted by molar-refractivity contribution is -0.161. The molecule has 0 aromatic heterocycles. The summed E-state index contributed by atoms with van der Waals surface area (Å²) in [5, 5.41) is 10.1. The van der Waals surface area contributed by atoms with Crippen LogP contribution >= 0.6 is 11.8 Å². The second kappa shape index (κ2) is 7.58. The molecule has 0 saturated heterocycles. The number of hydrogen-bond donors (Lipinski definition) is 1. The molecule has 0 bridgehead atoms. The standard InChI is InChI=1S/C23H30O4S/c1-6-27-21(26)18-15(13-22(2,3)19(20(24)25)23(18,4)5)17-12-11-14-9-7-8-10-16(14)28-17/h7-10,13,17-19H,6,11-12H2,1-5H3,(H,24,25). The number of fused-ring (bicyclic) bond motifs is 1. The summed E-state index contributed by atoms with van der Waals surface area (Å²) in [4.78, 5) is 26.4. The maximum atomic E-state index is 13.0. The average Bonchev–Trinajstić information content (AvgIpc) is 2.59. The van der Waals surface area contributed by atoms with Gasteiger partial charge in [-0.15, -0.1) is 11.8 Å². The number of carbonyl (C=O) groups is 2. The van der Waals surface area contributed by atoms with Gasteiger partial charge in [0.15, 0.2) is 0 Å². The van der Waals surface area contributed by atoms with Crippen molar-refractivity contribution in [2.75, 3.05) is 6.61 Å². The van der Waals surface area contributed by atoms with Gasteiger partial charge in [-0.05, 0) is 47.8 Å². The van der Waals surface area contributed by atoms with Gasteiger partial charge in [-0.25, -0.2) is 0 Å². The van der Waals surface area contributed by atoms with E-state index in [1.54, 1.807) is 18.7 Å². The SMILES string of the molecule is CCOC(=O)C1C(C2CCc3ccccc3S2)=CC(C)(C)C(C(=O)O)C1(C)C. The van der Waals surface area contributed by atoms with Crippen LogP contribution in [0.1, 0.15) is 46.6 Å². The third-order valence-electron chi connectivity index (χ3n) is 6.16. The molecular formula is C23H30O4S. The summed E-state index contributed by atoms with van der Waals surface area (Å²) in [6.07, 6.45) is 3.96. The minimum absolute atomic E-state index is 0.151. The monoisotopic (exact) mass is 402 g/mol. The largest absolute Gasteiger partial charge is 0.481 e. The Morgan fingerprint density at radius 1 is 1.21 bits per heavy atom. The molecule has 0 spiro atoms. The quantitative estimate of drug-likeness (QED) is 0.569. The van der Waals surface area contributed by atoms with Crippen molar-refractivity contribution in [2.24, 2.45) is 22.7 Å². The Morgan fingerprint density at radius 3 is 2.54 bits per heavy atom. The van der Waals surface area contributed by atoms with Crippen molar-refractivity contribution in [2.45, 2.75) is 57.6 Å². The highest BCUT2D eigenvalue weighted by Gasteiger charge is 2.57. The summed E-state index contributed by atoms with van der Waals surface area (Å²) in [7, 11) is 0. The van der Waals surface area contributed by atoms with Crippen molar-refractivity contribution in [3.8, 4) is 0 Å². The molecule has 0 radical (unpaired) electrons. The van der Waals surface area contributed by atoms with E-state index in [2.05, 4.69) is 24.3 Å². The van der Waals surface area contributed by atoms with Crippen LogP contribution in [0.3, 0.4) is 0 Å². The molecule has 28 heavy (non-hydrogen) atoms. The van der Waals surface area contributed by atoms with Gasteiger partial charge in [-0.3, -0.25) is 9.59 Å². The van der Waals surface area contributed by atoms with E-state index in [-0.39, 0.29) is 11.2 Å². The van der Waals surface area contributed by atoms with E-state index in [9.17, 15) is 14.7 Å². The molecule has 1 aromatic rings. The second-order valence-electron chi connectivity index (χ2n) is 9.00. The fraction of sp³-hybridized carbons (Fsp3) is 0.565. The third kappa shape index (κ3) is 3.61. The molecule has 1 N–H and O–H groups in total. The molecular weight excluding hydrogens is 372 g/mol. The molecule has 1 aromatic carbocycles. The first kappa shape index (κ1) is 21.0. The number of carbonyl (C=O) groups excluding carboxylic acids is 1. The molecule has 0 saturated carbocycles. The summed E-state index contributed by atoms with van der Waals surface area (Å²) in [6, 6.07) is 8.39. The van der Waals surface area contributed by atoms with Crippen molar-refractivity contribution >= 4 is 23.7 Å². The van der Waals surface area contributed by atoms with Crippen LogP contribution in [0.15, 0.2) is 40.8 Å². The zero-order valence-corrected chi connectivity index (χ0v) is 18.1. The number of allylic oxidation sites excluding steroid dienone is 1. The summed E-state index contributed by atoms with van der Waals surface area (Å²) < 4.78 is 5.42. The van der Waals surface area contributed by atoms with Crippen LogP contribution in [0.25, 0.3) is 0 Å². The summed E-state index contributed by atoms with van der Waals surface area (Å²) in [5.41, 5.74) is 1.08. The highest BCUT2D eigenvalue weighted by molar-refractivity contribution is 8.00. The number of ether oxygens (including phenoxy) is 1. The van der Waals surface area contributed by atoms with Gasteiger partial charge in [0.25, 0.3) is 0 Å². The zero-order chi connectivity index (χ0) is 20.7. The molecule has 1 heterocycles. The van der Waals surface area contributed by atoms with E-state index < -0.39 is 28.6 Å². The van der Waals surface area contributed by atoms with Crippen molar-refractivity contribution in [3.05, 3.63) is 41.5 Å². The Kier molecular flexibility index (Phi) is 5.68. The number of hydrogen-bond acceptors (Lipinski definition) is 4. The molecule has 1 aliphatic carbocycles. The Hall–Kier alpha value is -1.75. The highest BCUT2D eigenvalue weighted by atomic mass is 32.2. The predicted molar refractivity (Wildman–Crippen MR) is 111 cm³/mol. The summed E-state index contributed by atoms with van der Waals surface area (Å²) in [6.45, 7) is 9.83. The lowest BCUT2D eigenvalue weighted by Gasteiger charge is -2.50. The van der Waals surface area contributed by atoms with Crippen LogP contribution in [0, 0.1) is 22.7 Å². The molecule has 1 aliphatic heterocycles. The Morgan fingerprint density at radius 2 is 1.89 bits per heavy atom. The van der Waals surface area contributed by atoms with Gasteiger partial charge in [0.1, 0.15) is 0 Å². The first-order valence-electron chi connectivity index (χ1n) is 9.96. The molecule has 3 atom stereocenters. The minimum Gasteiger partial charge on any atom is -0.481 e. The molecule has 5 heteroatoms. The van der Waals surface area contributed by atoms with Crippen LogP contribution in [-0.2, 0) is 20.7 Å². The van der Waals surface area contributed by atoms with Crippen molar-refractivity contribution in [1.82, 2.24) is 0 Å². The summed E-state index contributed by atoms with van der Waals surface area (Å²) in [5.74, 6) is -2.38. The van der Waals surface area contributed by atoms with E-state index in [1.807, 2.05) is 33.8 Å². The Bertz CT molecular complexity index is 809. The van der Waals surface area contributed by atoms with Crippen LogP contribution in [0.2, 0.25) is 0 Å². The minimum atomic E-state index is -0.860. The maximum absolute atomic E-state index is 13.0.